The highest BCUT2D eigenvalue weighted by atomic mass is 16.5. The standard InChI is InChI=1S/C12H17N3O/c1-8-3-9-11(13-4-8)15-10-5-16-7-12(10,2)6-14-9/h3-4,10,14H,5-7H2,1-2H3,(H,13,15). The summed E-state index contributed by atoms with van der Waals surface area (Å²) in [5.41, 5.74) is 2.45. The Balaban J connectivity index is 1.97. The molecule has 16 heavy (non-hydrogen) atoms. The fourth-order valence-corrected chi connectivity index (χ4v) is 2.38. The third-order valence-electron chi connectivity index (χ3n) is 3.58. The lowest BCUT2D eigenvalue weighted by molar-refractivity contribution is 0.164. The summed E-state index contributed by atoms with van der Waals surface area (Å²) in [5.74, 6) is 0.949. The third-order valence-corrected chi connectivity index (χ3v) is 3.58. The van der Waals surface area contributed by atoms with Crippen molar-refractivity contribution in [3.05, 3.63) is 17.8 Å². The number of pyridine rings is 1. The van der Waals surface area contributed by atoms with Gasteiger partial charge in [0.25, 0.3) is 0 Å². The topological polar surface area (TPSA) is 46.2 Å². The third kappa shape index (κ3) is 1.45. The van der Waals surface area contributed by atoms with Gasteiger partial charge in [0.15, 0.2) is 0 Å². The normalized spacial score (nSPS) is 32.0. The molecule has 2 atom stereocenters. The zero-order chi connectivity index (χ0) is 11.2. The Morgan fingerprint density at radius 2 is 2.44 bits per heavy atom. The number of hydrogen-bond acceptors (Lipinski definition) is 4. The molecule has 1 aromatic rings. The molecule has 0 amide bonds. The van der Waals surface area contributed by atoms with Crippen LogP contribution in [0.2, 0.25) is 0 Å². The minimum Gasteiger partial charge on any atom is -0.381 e. The monoisotopic (exact) mass is 219 g/mol. The molecule has 2 aliphatic heterocycles. The average Bonchev–Trinajstić information content (AvgIpc) is 2.55. The van der Waals surface area contributed by atoms with Crippen LogP contribution in [-0.4, -0.2) is 30.8 Å². The number of rotatable bonds is 0. The molecule has 2 aliphatic rings. The molecule has 2 unspecified atom stereocenters. The summed E-state index contributed by atoms with van der Waals surface area (Å²) in [6, 6.07) is 2.50. The molecular formula is C12H17N3O. The molecule has 1 aromatic heterocycles. The second kappa shape index (κ2) is 3.35. The summed E-state index contributed by atoms with van der Waals surface area (Å²) in [7, 11) is 0. The van der Waals surface area contributed by atoms with E-state index >= 15 is 0 Å². The molecular weight excluding hydrogens is 202 g/mol. The first-order valence-corrected chi connectivity index (χ1v) is 5.72. The van der Waals surface area contributed by atoms with Crippen molar-refractivity contribution >= 4 is 11.5 Å². The van der Waals surface area contributed by atoms with Crippen LogP contribution in [0.4, 0.5) is 11.5 Å². The van der Waals surface area contributed by atoms with Crippen LogP contribution in [0.1, 0.15) is 12.5 Å². The highest BCUT2D eigenvalue weighted by molar-refractivity contribution is 5.66. The molecule has 0 saturated carbocycles. The molecule has 0 spiro atoms. The number of anilines is 2. The maximum absolute atomic E-state index is 5.56. The van der Waals surface area contributed by atoms with Crippen LogP contribution in [0.15, 0.2) is 12.3 Å². The summed E-state index contributed by atoms with van der Waals surface area (Å²) in [6.45, 7) is 6.83. The van der Waals surface area contributed by atoms with Gasteiger partial charge in [0.05, 0.1) is 24.9 Å². The number of fused-ring (bicyclic) bond motifs is 2. The summed E-state index contributed by atoms with van der Waals surface area (Å²) >= 11 is 0. The second-order valence-electron chi connectivity index (χ2n) is 5.13. The van der Waals surface area contributed by atoms with Gasteiger partial charge in [0, 0.05) is 18.2 Å². The van der Waals surface area contributed by atoms with E-state index in [9.17, 15) is 0 Å². The van der Waals surface area contributed by atoms with Gasteiger partial charge in [0.2, 0.25) is 0 Å². The van der Waals surface area contributed by atoms with E-state index in [1.54, 1.807) is 0 Å². The molecule has 1 fully saturated rings. The molecule has 4 heteroatoms. The molecule has 0 aliphatic carbocycles. The summed E-state index contributed by atoms with van der Waals surface area (Å²) in [6.07, 6.45) is 1.89. The van der Waals surface area contributed by atoms with Crippen molar-refractivity contribution in [1.82, 2.24) is 4.98 Å². The first kappa shape index (κ1) is 9.90. The quantitative estimate of drug-likeness (QED) is 0.696. The highest BCUT2D eigenvalue weighted by Crippen LogP contribution is 2.36. The number of nitrogens with one attached hydrogen (secondary N) is 2. The van der Waals surface area contributed by atoms with Crippen molar-refractivity contribution in [2.45, 2.75) is 19.9 Å². The number of aryl methyl sites for hydroxylation is 1. The number of ether oxygens (including phenoxy) is 1. The first-order chi connectivity index (χ1) is 7.67. The lowest BCUT2D eigenvalue weighted by Crippen LogP contribution is -2.40. The Morgan fingerprint density at radius 1 is 1.56 bits per heavy atom. The SMILES string of the molecule is Cc1cnc2c(c1)NCC1(C)COCC1N2. The van der Waals surface area contributed by atoms with Gasteiger partial charge in [-0.05, 0) is 18.6 Å². The van der Waals surface area contributed by atoms with E-state index in [0.717, 1.165) is 31.3 Å². The largest absolute Gasteiger partial charge is 0.381 e. The molecule has 0 bridgehead atoms. The van der Waals surface area contributed by atoms with Crippen LogP contribution in [0.5, 0.6) is 0 Å². The van der Waals surface area contributed by atoms with Gasteiger partial charge in [-0.2, -0.15) is 0 Å². The lowest BCUT2D eigenvalue weighted by Gasteiger charge is -2.27. The first-order valence-electron chi connectivity index (χ1n) is 5.72. The summed E-state index contributed by atoms with van der Waals surface area (Å²) < 4.78 is 5.56. The number of hydrogen-bond donors (Lipinski definition) is 2. The summed E-state index contributed by atoms with van der Waals surface area (Å²) in [5, 5.41) is 6.96. The van der Waals surface area contributed by atoms with Gasteiger partial charge in [-0.25, -0.2) is 4.98 Å². The van der Waals surface area contributed by atoms with Gasteiger partial charge in [-0.1, -0.05) is 6.92 Å². The van der Waals surface area contributed by atoms with Gasteiger partial charge in [0.1, 0.15) is 5.82 Å². The van der Waals surface area contributed by atoms with E-state index < -0.39 is 0 Å². The van der Waals surface area contributed by atoms with E-state index in [-0.39, 0.29) is 5.41 Å². The van der Waals surface area contributed by atoms with Crippen LogP contribution >= 0.6 is 0 Å². The molecule has 3 rings (SSSR count). The summed E-state index contributed by atoms with van der Waals surface area (Å²) in [4.78, 5) is 4.44. The van der Waals surface area contributed by atoms with Crippen molar-refractivity contribution in [1.29, 1.82) is 0 Å². The van der Waals surface area contributed by atoms with Crippen LogP contribution in [0.3, 0.4) is 0 Å². The van der Waals surface area contributed by atoms with E-state index in [0.29, 0.717) is 6.04 Å². The average molecular weight is 219 g/mol. The van der Waals surface area contributed by atoms with Crippen molar-refractivity contribution < 1.29 is 4.74 Å². The predicted octanol–water partition coefficient (Wildman–Crippen LogP) is 1.63. The van der Waals surface area contributed by atoms with E-state index in [2.05, 4.69) is 35.5 Å². The van der Waals surface area contributed by atoms with Gasteiger partial charge >= 0.3 is 0 Å². The fourth-order valence-electron chi connectivity index (χ4n) is 2.38. The maximum Gasteiger partial charge on any atom is 0.149 e. The molecule has 3 heterocycles. The Kier molecular flexibility index (Phi) is 2.07. The zero-order valence-electron chi connectivity index (χ0n) is 9.71. The molecule has 1 saturated heterocycles. The molecule has 0 radical (unpaired) electrons. The Morgan fingerprint density at radius 3 is 3.31 bits per heavy atom. The van der Waals surface area contributed by atoms with Gasteiger partial charge in [-0.3, -0.25) is 0 Å². The Labute approximate surface area is 95.4 Å². The van der Waals surface area contributed by atoms with Crippen molar-refractivity contribution in [2.75, 3.05) is 30.4 Å². The second-order valence-corrected chi connectivity index (χ2v) is 5.13. The van der Waals surface area contributed by atoms with Crippen LogP contribution < -0.4 is 10.6 Å². The highest BCUT2D eigenvalue weighted by Gasteiger charge is 2.42. The van der Waals surface area contributed by atoms with Crippen LogP contribution in [0, 0.1) is 12.3 Å². The minimum absolute atomic E-state index is 0.161. The van der Waals surface area contributed by atoms with Crippen molar-refractivity contribution in [2.24, 2.45) is 5.41 Å². The van der Waals surface area contributed by atoms with Gasteiger partial charge < -0.3 is 15.4 Å². The zero-order valence-corrected chi connectivity index (χ0v) is 9.71. The number of nitrogens with zero attached hydrogens (tertiary/aromatic N) is 1. The lowest BCUT2D eigenvalue weighted by atomic mass is 9.85. The molecule has 2 N–H and O–H groups in total. The van der Waals surface area contributed by atoms with Gasteiger partial charge in [-0.15, -0.1) is 0 Å². The maximum atomic E-state index is 5.56. The smallest absolute Gasteiger partial charge is 0.149 e. The van der Waals surface area contributed by atoms with E-state index in [4.69, 9.17) is 4.74 Å². The van der Waals surface area contributed by atoms with E-state index in [1.807, 2.05) is 6.20 Å². The Bertz CT molecular complexity index is 421. The predicted molar refractivity (Wildman–Crippen MR) is 63.8 cm³/mol. The van der Waals surface area contributed by atoms with Crippen molar-refractivity contribution in [3.63, 3.8) is 0 Å². The van der Waals surface area contributed by atoms with Crippen LogP contribution in [-0.2, 0) is 4.74 Å². The minimum atomic E-state index is 0.161. The van der Waals surface area contributed by atoms with Crippen LogP contribution in [0.25, 0.3) is 0 Å². The van der Waals surface area contributed by atoms with E-state index in [1.165, 1.54) is 5.56 Å². The molecule has 0 aromatic carbocycles. The Hall–Kier alpha value is -1.29. The molecule has 86 valence electrons. The molecule has 4 nitrogen and oxygen atoms in total. The fraction of sp³-hybridized carbons (Fsp3) is 0.583. The number of aromatic nitrogens is 1. The van der Waals surface area contributed by atoms with Crippen molar-refractivity contribution in [3.8, 4) is 0 Å².